The summed E-state index contributed by atoms with van der Waals surface area (Å²) in [7, 11) is 0. The lowest BCUT2D eigenvalue weighted by Crippen LogP contribution is -2.29. The van der Waals surface area contributed by atoms with Crippen LogP contribution in [0, 0.1) is 6.92 Å². The molecule has 5 rings (SSSR count). The number of fused-ring (bicyclic) bond motifs is 2. The van der Waals surface area contributed by atoms with Gasteiger partial charge in [0.2, 0.25) is 5.76 Å². The van der Waals surface area contributed by atoms with Crippen molar-refractivity contribution < 1.29 is 9.21 Å². The summed E-state index contributed by atoms with van der Waals surface area (Å²) in [5.41, 5.74) is 4.20. The first kappa shape index (κ1) is 21.4. The Morgan fingerprint density at radius 3 is 2.55 bits per heavy atom. The molecule has 0 saturated carbocycles. The van der Waals surface area contributed by atoms with Gasteiger partial charge in [-0.3, -0.25) is 14.6 Å². The quantitative estimate of drug-likeness (QED) is 0.375. The lowest BCUT2D eigenvalue weighted by atomic mass is 9.95. The molecule has 3 heterocycles. The largest absolute Gasteiger partial charge is 0.450 e. The summed E-state index contributed by atoms with van der Waals surface area (Å²) in [5.74, 6) is 0.164. The second-order valence-corrected chi connectivity index (χ2v) is 9.20. The van der Waals surface area contributed by atoms with Crippen LogP contribution in [0.4, 0.5) is 0 Å². The van der Waals surface area contributed by atoms with Crippen molar-refractivity contribution in [3.63, 3.8) is 0 Å². The van der Waals surface area contributed by atoms with Crippen LogP contribution >= 0.6 is 11.6 Å². The fourth-order valence-corrected chi connectivity index (χ4v) is 4.57. The number of amides is 1. The SMILES string of the molecule is Cc1cc2oc3c(c(=O)c2cc1Cl)C(c1ccc(C(C)C)cc1)N(Cc1cccnc1)C3=O. The molecule has 1 aliphatic heterocycles. The fourth-order valence-electron chi connectivity index (χ4n) is 4.40. The van der Waals surface area contributed by atoms with Crippen molar-refractivity contribution in [1.29, 1.82) is 0 Å². The number of hydrogen-bond acceptors (Lipinski definition) is 4. The van der Waals surface area contributed by atoms with Crippen LogP contribution in [0.25, 0.3) is 11.0 Å². The molecule has 0 spiro atoms. The number of halogens is 1. The Morgan fingerprint density at radius 2 is 1.88 bits per heavy atom. The number of nitrogens with zero attached hydrogens (tertiary/aromatic N) is 2. The highest BCUT2D eigenvalue weighted by atomic mass is 35.5. The maximum atomic E-state index is 13.7. The average Bonchev–Trinajstić information content (AvgIpc) is 3.08. The van der Waals surface area contributed by atoms with Crippen molar-refractivity contribution in [2.24, 2.45) is 0 Å². The summed E-state index contributed by atoms with van der Waals surface area (Å²) >= 11 is 6.31. The minimum atomic E-state index is -0.561. The standard InChI is InChI=1S/C27H23ClN2O3/c1-15(2)18-6-8-19(9-7-18)24-23-25(31)20-12-21(28)16(3)11-22(20)33-26(23)27(32)30(24)14-17-5-4-10-29-13-17/h4-13,15,24H,14H2,1-3H3. The summed E-state index contributed by atoms with van der Waals surface area (Å²) in [6.45, 7) is 6.41. The molecular formula is C27H23ClN2O3. The van der Waals surface area contributed by atoms with Crippen molar-refractivity contribution in [2.45, 2.75) is 39.3 Å². The van der Waals surface area contributed by atoms with E-state index in [9.17, 15) is 9.59 Å². The zero-order valence-electron chi connectivity index (χ0n) is 18.6. The molecule has 0 N–H and O–H groups in total. The van der Waals surface area contributed by atoms with Crippen molar-refractivity contribution in [3.8, 4) is 0 Å². The average molecular weight is 459 g/mol. The maximum absolute atomic E-state index is 13.7. The number of hydrogen-bond donors (Lipinski definition) is 0. The van der Waals surface area contributed by atoms with E-state index < -0.39 is 6.04 Å². The third-order valence-corrected chi connectivity index (χ3v) is 6.65. The summed E-state index contributed by atoms with van der Waals surface area (Å²) in [6.07, 6.45) is 3.42. The molecule has 33 heavy (non-hydrogen) atoms. The van der Waals surface area contributed by atoms with E-state index in [-0.39, 0.29) is 17.1 Å². The first-order valence-corrected chi connectivity index (χ1v) is 11.3. The topological polar surface area (TPSA) is 63.4 Å². The zero-order chi connectivity index (χ0) is 23.3. The first-order valence-electron chi connectivity index (χ1n) is 10.9. The van der Waals surface area contributed by atoms with Gasteiger partial charge in [-0.25, -0.2) is 0 Å². The predicted octanol–water partition coefficient (Wildman–Crippen LogP) is 6.02. The molecule has 2 aromatic carbocycles. The van der Waals surface area contributed by atoms with Crippen LogP contribution in [-0.4, -0.2) is 15.8 Å². The molecule has 1 atom stereocenters. The predicted molar refractivity (Wildman–Crippen MR) is 129 cm³/mol. The second-order valence-electron chi connectivity index (χ2n) is 8.79. The van der Waals surface area contributed by atoms with Crippen LogP contribution in [0.3, 0.4) is 0 Å². The van der Waals surface area contributed by atoms with Crippen LogP contribution < -0.4 is 5.43 Å². The van der Waals surface area contributed by atoms with Crippen molar-refractivity contribution in [1.82, 2.24) is 9.88 Å². The molecular weight excluding hydrogens is 436 g/mol. The second kappa shape index (κ2) is 8.16. The minimum absolute atomic E-state index is 0.0936. The molecule has 6 heteroatoms. The van der Waals surface area contributed by atoms with E-state index in [1.807, 2.05) is 43.3 Å². The van der Waals surface area contributed by atoms with E-state index >= 15 is 0 Å². The fraction of sp³-hybridized carbons (Fsp3) is 0.222. The number of aromatic nitrogens is 1. The number of carbonyl (C=O) groups excluding carboxylic acids is 1. The lowest BCUT2D eigenvalue weighted by Gasteiger charge is -2.25. The van der Waals surface area contributed by atoms with Gasteiger partial charge < -0.3 is 9.32 Å². The molecule has 5 nitrogen and oxygen atoms in total. The number of aryl methyl sites for hydroxylation is 1. The Kier molecular flexibility index (Phi) is 5.29. The van der Waals surface area contributed by atoms with Gasteiger partial charge >= 0.3 is 0 Å². The molecule has 1 unspecified atom stereocenters. The maximum Gasteiger partial charge on any atom is 0.291 e. The molecule has 2 aromatic heterocycles. The normalized spacial score (nSPS) is 15.5. The highest BCUT2D eigenvalue weighted by Gasteiger charge is 2.42. The van der Waals surface area contributed by atoms with Gasteiger partial charge in [-0.2, -0.15) is 0 Å². The third-order valence-electron chi connectivity index (χ3n) is 6.24. The minimum Gasteiger partial charge on any atom is -0.450 e. The molecule has 0 fully saturated rings. The molecule has 0 bridgehead atoms. The number of pyridine rings is 1. The van der Waals surface area contributed by atoms with E-state index in [4.69, 9.17) is 16.0 Å². The lowest BCUT2D eigenvalue weighted by molar-refractivity contribution is 0.0714. The van der Waals surface area contributed by atoms with Gasteiger partial charge in [0.05, 0.1) is 17.0 Å². The van der Waals surface area contributed by atoms with Crippen LogP contribution in [0.1, 0.15) is 64.2 Å². The van der Waals surface area contributed by atoms with E-state index in [0.717, 1.165) is 16.7 Å². The molecule has 166 valence electrons. The Bertz CT molecular complexity index is 1430. The Hall–Kier alpha value is -3.44. The molecule has 0 radical (unpaired) electrons. The summed E-state index contributed by atoms with van der Waals surface area (Å²) in [5, 5.41) is 0.869. The van der Waals surface area contributed by atoms with Crippen molar-refractivity contribution in [2.75, 3.05) is 0 Å². The summed E-state index contributed by atoms with van der Waals surface area (Å²) in [6, 6.07) is 14.6. The van der Waals surface area contributed by atoms with Gasteiger partial charge in [-0.05, 0) is 53.3 Å². The van der Waals surface area contributed by atoms with E-state index in [1.165, 1.54) is 5.56 Å². The highest BCUT2D eigenvalue weighted by Crippen LogP contribution is 2.40. The smallest absolute Gasteiger partial charge is 0.291 e. The van der Waals surface area contributed by atoms with Gasteiger partial charge in [-0.1, -0.05) is 55.8 Å². The van der Waals surface area contributed by atoms with Crippen LogP contribution in [-0.2, 0) is 6.54 Å². The molecule has 1 aliphatic rings. The van der Waals surface area contributed by atoms with E-state index in [0.29, 0.717) is 34.0 Å². The van der Waals surface area contributed by atoms with Gasteiger partial charge in [0.15, 0.2) is 5.43 Å². The summed E-state index contributed by atoms with van der Waals surface area (Å²) < 4.78 is 6.05. The number of carbonyl (C=O) groups is 1. The molecule has 1 amide bonds. The van der Waals surface area contributed by atoms with Gasteiger partial charge in [0, 0.05) is 24.0 Å². The Labute approximate surface area is 196 Å². The molecule has 4 aromatic rings. The summed E-state index contributed by atoms with van der Waals surface area (Å²) in [4.78, 5) is 33.1. The van der Waals surface area contributed by atoms with Crippen molar-refractivity contribution >= 4 is 28.5 Å². The molecule has 0 aliphatic carbocycles. The first-order chi connectivity index (χ1) is 15.8. The van der Waals surface area contributed by atoms with Crippen LogP contribution in [0.2, 0.25) is 5.02 Å². The van der Waals surface area contributed by atoms with Gasteiger partial charge in [0.1, 0.15) is 5.58 Å². The number of rotatable bonds is 4. The monoisotopic (exact) mass is 458 g/mol. The van der Waals surface area contributed by atoms with Crippen LogP contribution in [0.15, 0.2) is 70.1 Å². The van der Waals surface area contributed by atoms with Crippen LogP contribution in [0.5, 0.6) is 0 Å². The Morgan fingerprint density at radius 1 is 1.12 bits per heavy atom. The number of benzene rings is 2. The van der Waals surface area contributed by atoms with Gasteiger partial charge in [-0.15, -0.1) is 0 Å². The highest BCUT2D eigenvalue weighted by molar-refractivity contribution is 6.32. The Balaban J connectivity index is 1.72. The van der Waals surface area contributed by atoms with Gasteiger partial charge in [0.25, 0.3) is 5.91 Å². The van der Waals surface area contributed by atoms with E-state index in [1.54, 1.807) is 29.4 Å². The zero-order valence-corrected chi connectivity index (χ0v) is 19.4. The molecule has 0 saturated heterocycles. The third kappa shape index (κ3) is 3.62. The van der Waals surface area contributed by atoms with E-state index in [2.05, 4.69) is 18.8 Å². The van der Waals surface area contributed by atoms with Crippen molar-refractivity contribution in [3.05, 3.63) is 110 Å².